The van der Waals surface area contributed by atoms with E-state index in [2.05, 4.69) is 10.1 Å². The van der Waals surface area contributed by atoms with Gasteiger partial charge >= 0.3 is 0 Å². The molecule has 0 aliphatic heterocycles. The minimum Gasteiger partial charge on any atom is -0.454 e. The number of amides is 2. The van der Waals surface area contributed by atoms with Gasteiger partial charge in [-0.3, -0.25) is 24.2 Å². The summed E-state index contributed by atoms with van der Waals surface area (Å²) >= 11 is 0. The number of nitrogens with two attached hydrogens (primary N) is 1. The normalized spacial score (nSPS) is 13.7. The number of aryl methyl sites for hydroxylation is 1. The summed E-state index contributed by atoms with van der Waals surface area (Å²) in [5.41, 5.74) is 4.69. The second-order valence-electron chi connectivity index (χ2n) is 8.68. The molecule has 1 aliphatic rings. The van der Waals surface area contributed by atoms with Crippen molar-refractivity contribution in [3.63, 3.8) is 0 Å². The molecule has 0 saturated heterocycles. The van der Waals surface area contributed by atoms with Crippen LogP contribution in [0.25, 0.3) is 11.3 Å². The minimum atomic E-state index is -1.54. The fourth-order valence-electron chi connectivity index (χ4n) is 3.94. The van der Waals surface area contributed by atoms with E-state index in [1.165, 1.54) is 24.4 Å². The Kier molecular flexibility index (Phi) is 5.90. The number of carbonyl (C=O) groups excluding carboxylic acids is 2. The number of primary amides is 1. The van der Waals surface area contributed by atoms with E-state index in [0.717, 1.165) is 29.2 Å². The number of aromatic nitrogens is 3. The Morgan fingerprint density at radius 2 is 1.78 bits per heavy atom. The van der Waals surface area contributed by atoms with Crippen LogP contribution < -0.4 is 15.4 Å². The van der Waals surface area contributed by atoms with E-state index < -0.39 is 46.1 Å². The van der Waals surface area contributed by atoms with Crippen LogP contribution in [-0.4, -0.2) is 26.6 Å². The Bertz CT molecular complexity index is 1520. The van der Waals surface area contributed by atoms with Crippen LogP contribution >= 0.6 is 0 Å². The van der Waals surface area contributed by atoms with Gasteiger partial charge in [-0.05, 0) is 43.2 Å². The van der Waals surface area contributed by atoms with Gasteiger partial charge in [0.2, 0.25) is 11.8 Å². The van der Waals surface area contributed by atoms with Gasteiger partial charge in [-0.1, -0.05) is 0 Å². The average molecular weight is 507 g/mol. The van der Waals surface area contributed by atoms with E-state index in [9.17, 15) is 14.0 Å². The molecule has 1 fully saturated rings. The highest BCUT2D eigenvalue weighted by molar-refractivity contribution is 6.16. The van der Waals surface area contributed by atoms with Crippen LogP contribution in [0.5, 0.6) is 11.5 Å². The number of nitrogens with zero attached hydrogens (tertiary/aromatic N) is 4. The summed E-state index contributed by atoms with van der Waals surface area (Å²) in [6.45, 7) is 0. The first-order valence-corrected chi connectivity index (χ1v) is 11.2. The van der Waals surface area contributed by atoms with Crippen LogP contribution in [0.4, 0.5) is 24.5 Å². The fraction of sp³-hybridized carbons (Fsp3) is 0.154. The maximum Gasteiger partial charge on any atom is 0.247 e. The third-order valence-corrected chi connectivity index (χ3v) is 6.12. The first-order chi connectivity index (χ1) is 17.7. The summed E-state index contributed by atoms with van der Waals surface area (Å²) in [7, 11) is 1.75. The van der Waals surface area contributed by atoms with Crippen LogP contribution in [-0.2, 0) is 16.6 Å². The number of hydrogen-bond donors (Lipinski definition) is 1. The van der Waals surface area contributed by atoms with E-state index in [0.29, 0.717) is 11.3 Å². The molecular formula is C26H20F3N5O3. The van der Waals surface area contributed by atoms with E-state index in [1.54, 1.807) is 30.2 Å². The summed E-state index contributed by atoms with van der Waals surface area (Å²) in [4.78, 5) is 30.4. The van der Waals surface area contributed by atoms with E-state index in [4.69, 9.17) is 10.5 Å². The van der Waals surface area contributed by atoms with Gasteiger partial charge in [-0.25, -0.2) is 13.2 Å². The molecule has 0 bridgehead atoms. The molecule has 4 aromatic rings. The van der Waals surface area contributed by atoms with Crippen molar-refractivity contribution in [3.8, 4) is 22.8 Å². The molecule has 11 heteroatoms. The van der Waals surface area contributed by atoms with Gasteiger partial charge in [0.15, 0.2) is 17.4 Å². The molecule has 0 atom stereocenters. The van der Waals surface area contributed by atoms with Crippen molar-refractivity contribution in [3.05, 3.63) is 84.6 Å². The molecule has 8 nitrogen and oxygen atoms in total. The van der Waals surface area contributed by atoms with Crippen LogP contribution in [0.15, 0.2) is 67.1 Å². The fourth-order valence-corrected chi connectivity index (χ4v) is 3.94. The summed E-state index contributed by atoms with van der Waals surface area (Å²) in [6.07, 6.45) is 5.13. The zero-order valence-corrected chi connectivity index (χ0v) is 19.5. The van der Waals surface area contributed by atoms with Gasteiger partial charge in [-0.15, -0.1) is 0 Å². The van der Waals surface area contributed by atoms with E-state index in [-0.39, 0.29) is 24.3 Å². The van der Waals surface area contributed by atoms with E-state index in [1.807, 2.05) is 0 Å². The molecule has 2 heterocycles. The molecule has 188 valence electrons. The Hall–Kier alpha value is -4.67. The summed E-state index contributed by atoms with van der Waals surface area (Å²) in [6, 6.07) is 9.17. The monoisotopic (exact) mass is 507 g/mol. The summed E-state index contributed by atoms with van der Waals surface area (Å²) in [5.74, 6) is -4.51. The summed E-state index contributed by atoms with van der Waals surface area (Å²) in [5, 5.41) is 4.08. The molecular weight excluding hydrogens is 487 g/mol. The highest BCUT2D eigenvalue weighted by Crippen LogP contribution is 2.49. The van der Waals surface area contributed by atoms with Gasteiger partial charge in [0.05, 0.1) is 17.6 Å². The molecule has 0 unspecified atom stereocenters. The van der Waals surface area contributed by atoms with Crippen molar-refractivity contribution < 1.29 is 27.5 Å². The van der Waals surface area contributed by atoms with E-state index >= 15 is 8.78 Å². The molecule has 0 spiro atoms. The highest BCUT2D eigenvalue weighted by Gasteiger charge is 2.57. The van der Waals surface area contributed by atoms with Crippen molar-refractivity contribution in [2.45, 2.75) is 12.8 Å². The third-order valence-electron chi connectivity index (χ3n) is 6.12. The molecule has 1 saturated carbocycles. The molecule has 0 radical (unpaired) electrons. The lowest BCUT2D eigenvalue weighted by Gasteiger charge is -2.27. The minimum absolute atomic E-state index is 0.0427. The predicted molar refractivity (Wildman–Crippen MR) is 127 cm³/mol. The lowest BCUT2D eigenvalue weighted by atomic mass is 10.0. The average Bonchev–Trinajstić information content (AvgIpc) is 3.58. The summed E-state index contributed by atoms with van der Waals surface area (Å²) < 4.78 is 51.3. The largest absolute Gasteiger partial charge is 0.454 e. The number of rotatable bonds is 7. The van der Waals surface area contributed by atoms with Crippen molar-refractivity contribution in [1.29, 1.82) is 0 Å². The standard InChI is InChI=1S/C26H20F3N5O3/c1-33-14-15(13-32-33)21-10-18(6-9-31-21)37-23-12-19(28)22(11-20(23)29)34(17-4-2-16(27)3-5-17)25(36)26(7-8-26)24(30)35/h2-6,9-14H,7-8H2,1H3,(H2,30,35). The first-order valence-electron chi connectivity index (χ1n) is 11.2. The van der Waals surface area contributed by atoms with Crippen molar-refractivity contribution in [2.75, 3.05) is 4.90 Å². The van der Waals surface area contributed by atoms with Crippen molar-refractivity contribution in [2.24, 2.45) is 18.2 Å². The Labute approximate surface area is 209 Å². The van der Waals surface area contributed by atoms with Gasteiger partial charge in [-0.2, -0.15) is 5.10 Å². The molecule has 2 aromatic carbocycles. The number of pyridine rings is 1. The number of hydrogen-bond acceptors (Lipinski definition) is 5. The second kappa shape index (κ2) is 9.08. The van der Waals surface area contributed by atoms with Gasteiger partial charge in [0.25, 0.3) is 0 Å². The van der Waals surface area contributed by atoms with Gasteiger partial charge < -0.3 is 10.5 Å². The van der Waals surface area contributed by atoms with Crippen LogP contribution in [0.1, 0.15) is 12.8 Å². The third kappa shape index (κ3) is 4.51. The number of benzene rings is 2. The van der Waals surface area contributed by atoms with Crippen LogP contribution in [0.2, 0.25) is 0 Å². The van der Waals surface area contributed by atoms with Gasteiger partial charge in [0.1, 0.15) is 17.0 Å². The first kappa shape index (κ1) is 24.0. The lowest BCUT2D eigenvalue weighted by Crippen LogP contribution is -2.41. The Morgan fingerprint density at radius 1 is 1.05 bits per heavy atom. The maximum absolute atomic E-state index is 15.4. The number of ether oxygens (including phenoxy) is 1. The molecule has 1 aliphatic carbocycles. The predicted octanol–water partition coefficient (Wildman–Crippen LogP) is 4.62. The molecule has 2 N–H and O–H groups in total. The second-order valence-corrected chi connectivity index (χ2v) is 8.68. The smallest absolute Gasteiger partial charge is 0.247 e. The van der Waals surface area contributed by atoms with Gasteiger partial charge in [0, 0.05) is 48.9 Å². The zero-order valence-electron chi connectivity index (χ0n) is 19.5. The molecule has 37 heavy (non-hydrogen) atoms. The van der Waals surface area contributed by atoms with Crippen LogP contribution in [0, 0.1) is 22.9 Å². The number of carbonyl (C=O) groups is 2. The number of anilines is 2. The Balaban J connectivity index is 1.51. The van der Waals surface area contributed by atoms with Crippen molar-refractivity contribution >= 4 is 23.2 Å². The molecule has 5 rings (SSSR count). The number of halogens is 3. The Morgan fingerprint density at radius 3 is 2.41 bits per heavy atom. The lowest BCUT2D eigenvalue weighted by molar-refractivity contribution is -0.133. The van der Waals surface area contributed by atoms with Crippen molar-refractivity contribution in [1.82, 2.24) is 14.8 Å². The topological polar surface area (TPSA) is 103 Å². The maximum atomic E-state index is 15.4. The van der Waals surface area contributed by atoms with Crippen LogP contribution in [0.3, 0.4) is 0 Å². The molecule has 2 amide bonds. The SMILES string of the molecule is Cn1cc(-c2cc(Oc3cc(F)c(N(C(=O)C4(C(N)=O)CC4)c4ccc(F)cc4)cc3F)ccn2)cn1. The quantitative estimate of drug-likeness (QED) is 0.368. The molecule has 2 aromatic heterocycles. The highest BCUT2D eigenvalue weighted by atomic mass is 19.1. The zero-order chi connectivity index (χ0) is 26.3.